The molecule has 0 radical (unpaired) electrons. The van der Waals surface area contributed by atoms with Crippen molar-refractivity contribution >= 4 is 58.5 Å². The number of carbonyl (C=O) groups excluding carboxylic acids is 1. The van der Waals surface area contributed by atoms with Crippen molar-refractivity contribution in [1.29, 1.82) is 0 Å². The van der Waals surface area contributed by atoms with Crippen molar-refractivity contribution in [2.75, 3.05) is 11.1 Å². The molecule has 0 aromatic heterocycles. The Labute approximate surface area is 177 Å². The molecule has 0 aliphatic carbocycles. The summed E-state index contributed by atoms with van der Waals surface area (Å²) in [6.45, 7) is 0. The van der Waals surface area contributed by atoms with Crippen LogP contribution < -0.4 is 5.32 Å². The number of anilines is 1. The summed E-state index contributed by atoms with van der Waals surface area (Å²) in [5.74, 6) is 0.317. The van der Waals surface area contributed by atoms with Gasteiger partial charge in [-0.1, -0.05) is 35.3 Å². The number of nitrogens with one attached hydrogen (secondary N) is 1. The molecule has 2 N–H and O–H groups in total. The van der Waals surface area contributed by atoms with E-state index in [1.807, 2.05) is 30.3 Å². The number of aromatic hydroxyl groups is 1. The minimum Gasteiger partial charge on any atom is -0.507 e. The number of aliphatic imine (C=N–C) groups is 1. The molecule has 3 rings (SSSR count). The summed E-state index contributed by atoms with van der Waals surface area (Å²) in [5.41, 5.74) is 2.02. The average molecular weight is 431 g/mol. The molecule has 7 heteroatoms. The van der Waals surface area contributed by atoms with E-state index in [2.05, 4.69) is 10.3 Å². The summed E-state index contributed by atoms with van der Waals surface area (Å²) in [5, 5.41) is 13.4. The van der Waals surface area contributed by atoms with Gasteiger partial charge in [-0.15, -0.1) is 11.8 Å². The van der Waals surface area contributed by atoms with Gasteiger partial charge >= 0.3 is 0 Å². The van der Waals surface area contributed by atoms with Crippen LogP contribution in [0.1, 0.15) is 5.56 Å². The molecule has 1 amide bonds. The maximum atomic E-state index is 12.1. The number of carbonyl (C=O) groups is 1. The number of nitrogens with zero attached hydrogens (tertiary/aromatic N) is 1. The van der Waals surface area contributed by atoms with Crippen LogP contribution in [0.4, 0.5) is 11.4 Å². The number of benzene rings is 3. The Morgan fingerprint density at radius 1 is 1.04 bits per heavy atom. The lowest BCUT2D eigenvalue weighted by molar-refractivity contribution is -0.113. The predicted molar refractivity (Wildman–Crippen MR) is 118 cm³/mol. The van der Waals surface area contributed by atoms with E-state index in [1.54, 1.807) is 42.6 Å². The number of phenols is 1. The summed E-state index contributed by atoms with van der Waals surface area (Å²) < 4.78 is 0. The topological polar surface area (TPSA) is 61.7 Å². The van der Waals surface area contributed by atoms with Crippen LogP contribution in [0.25, 0.3) is 0 Å². The summed E-state index contributed by atoms with van der Waals surface area (Å²) in [6.07, 6.45) is 1.61. The summed E-state index contributed by atoms with van der Waals surface area (Å²) in [6, 6.07) is 19.5. The fourth-order valence-corrected chi connectivity index (χ4v) is 3.29. The van der Waals surface area contributed by atoms with E-state index in [0.717, 1.165) is 10.6 Å². The summed E-state index contributed by atoms with van der Waals surface area (Å²) in [4.78, 5) is 17.4. The minimum absolute atomic E-state index is 0.134. The summed E-state index contributed by atoms with van der Waals surface area (Å²) >= 11 is 13.2. The third kappa shape index (κ3) is 5.76. The molecular weight excluding hydrogens is 415 g/mol. The van der Waals surface area contributed by atoms with E-state index in [1.165, 1.54) is 11.8 Å². The maximum Gasteiger partial charge on any atom is 0.234 e. The molecule has 28 heavy (non-hydrogen) atoms. The van der Waals surface area contributed by atoms with Crippen LogP contribution in [-0.2, 0) is 4.79 Å². The fraction of sp³-hybridized carbons (Fsp3) is 0.0476. The van der Waals surface area contributed by atoms with Gasteiger partial charge in [0.05, 0.1) is 21.5 Å². The maximum absolute atomic E-state index is 12.1. The van der Waals surface area contributed by atoms with Gasteiger partial charge in [0.2, 0.25) is 5.91 Å². The number of amides is 1. The molecule has 0 aliphatic rings. The van der Waals surface area contributed by atoms with Crippen molar-refractivity contribution in [2.45, 2.75) is 4.90 Å². The van der Waals surface area contributed by atoms with Crippen LogP contribution in [0, 0.1) is 0 Å². The first-order valence-corrected chi connectivity index (χ1v) is 10.1. The van der Waals surface area contributed by atoms with Gasteiger partial charge in [-0.05, 0) is 54.6 Å². The first-order chi connectivity index (χ1) is 13.5. The molecule has 3 aromatic rings. The van der Waals surface area contributed by atoms with Gasteiger partial charge in [-0.25, -0.2) is 0 Å². The Morgan fingerprint density at radius 2 is 1.79 bits per heavy atom. The highest BCUT2D eigenvalue weighted by Gasteiger charge is 2.06. The predicted octanol–water partition coefficient (Wildman–Crippen LogP) is 6.18. The third-order valence-electron chi connectivity index (χ3n) is 3.70. The van der Waals surface area contributed by atoms with E-state index in [0.29, 0.717) is 21.3 Å². The van der Waals surface area contributed by atoms with Gasteiger partial charge in [0.1, 0.15) is 5.75 Å². The van der Waals surface area contributed by atoms with Crippen molar-refractivity contribution in [3.05, 3.63) is 82.3 Å². The lowest BCUT2D eigenvalue weighted by Crippen LogP contribution is -2.13. The zero-order chi connectivity index (χ0) is 19.9. The molecule has 0 fully saturated rings. The van der Waals surface area contributed by atoms with Gasteiger partial charge in [-0.3, -0.25) is 9.79 Å². The van der Waals surface area contributed by atoms with E-state index >= 15 is 0 Å². The Morgan fingerprint density at radius 3 is 2.50 bits per heavy atom. The molecule has 0 aliphatic heterocycles. The van der Waals surface area contributed by atoms with Gasteiger partial charge < -0.3 is 10.4 Å². The van der Waals surface area contributed by atoms with Crippen molar-refractivity contribution < 1.29 is 9.90 Å². The molecule has 3 aromatic carbocycles. The molecule has 142 valence electrons. The molecule has 0 atom stereocenters. The number of rotatable bonds is 6. The molecule has 4 nitrogen and oxygen atoms in total. The zero-order valence-electron chi connectivity index (χ0n) is 14.6. The molecule has 0 unspecified atom stereocenters. The minimum atomic E-state index is -0.134. The molecule has 0 bridgehead atoms. The van der Waals surface area contributed by atoms with Crippen LogP contribution in [0.2, 0.25) is 10.0 Å². The Kier molecular flexibility index (Phi) is 6.98. The van der Waals surface area contributed by atoms with Crippen molar-refractivity contribution in [3.8, 4) is 5.75 Å². The highest BCUT2D eigenvalue weighted by Crippen LogP contribution is 2.26. The Bertz CT molecular complexity index is 1010. The van der Waals surface area contributed by atoms with Crippen molar-refractivity contribution in [1.82, 2.24) is 0 Å². The van der Waals surface area contributed by atoms with Gasteiger partial charge in [-0.2, -0.15) is 0 Å². The number of hydrogen-bond donors (Lipinski definition) is 2. The number of thioether (sulfide) groups is 1. The quantitative estimate of drug-likeness (QED) is 0.362. The van der Waals surface area contributed by atoms with E-state index in [4.69, 9.17) is 23.2 Å². The largest absolute Gasteiger partial charge is 0.507 e. The third-order valence-corrected chi connectivity index (χ3v) is 5.45. The zero-order valence-corrected chi connectivity index (χ0v) is 16.9. The van der Waals surface area contributed by atoms with Gasteiger partial charge in [0.15, 0.2) is 0 Å². The second-order valence-corrected chi connectivity index (χ2v) is 7.64. The van der Waals surface area contributed by atoms with Crippen molar-refractivity contribution in [3.63, 3.8) is 0 Å². The monoisotopic (exact) mass is 430 g/mol. The highest BCUT2D eigenvalue weighted by atomic mass is 35.5. The lowest BCUT2D eigenvalue weighted by Gasteiger charge is -2.06. The standard InChI is InChI=1S/C21H16Cl2N2O2S/c22-18-10-7-16(11-19(18)23)25-21(27)13-28-17-8-5-15(6-9-17)24-12-14-3-1-2-4-20(14)26/h1-12,26H,13H2,(H,25,27). The van der Waals surface area contributed by atoms with Crippen LogP contribution in [0.15, 0.2) is 76.6 Å². The molecular formula is C21H16Cl2N2O2S. The van der Waals surface area contributed by atoms with Crippen LogP contribution in [0.5, 0.6) is 5.75 Å². The first kappa shape index (κ1) is 20.3. The first-order valence-electron chi connectivity index (χ1n) is 8.31. The Hall–Kier alpha value is -2.47. The number of phenolic OH excluding ortho intramolecular Hbond substituents is 1. The highest BCUT2D eigenvalue weighted by molar-refractivity contribution is 8.00. The molecule has 0 spiro atoms. The average Bonchev–Trinajstić information content (AvgIpc) is 2.69. The molecule has 0 saturated heterocycles. The van der Waals surface area contributed by atoms with Gasteiger partial charge in [0.25, 0.3) is 0 Å². The normalized spacial score (nSPS) is 10.9. The smallest absolute Gasteiger partial charge is 0.234 e. The number of para-hydroxylation sites is 1. The van der Waals surface area contributed by atoms with Crippen LogP contribution in [0.3, 0.4) is 0 Å². The van der Waals surface area contributed by atoms with E-state index < -0.39 is 0 Å². The molecule has 0 heterocycles. The van der Waals surface area contributed by atoms with E-state index in [9.17, 15) is 9.90 Å². The lowest BCUT2D eigenvalue weighted by atomic mass is 10.2. The van der Waals surface area contributed by atoms with Crippen LogP contribution in [-0.4, -0.2) is 23.0 Å². The number of halogens is 2. The van der Waals surface area contributed by atoms with Crippen molar-refractivity contribution in [2.24, 2.45) is 4.99 Å². The second-order valence-electron chi connectivity index (χ2n) is 5.78. The number of hydrogen-bond acceptors (Lipinski definition) is 4. The summed E-state index contributed by atoms with van der Waals surface area (Å²) in [7, 11) is 0. The van der Waals surface area contributed by atoms with Crippen LogP contribution >= 0.6 is 35.0 Å². The van der Waals surface area contributed by atoms with E-state index in [-0.39, 0.29) is 17.4 Å². The SMILES string of the molecule is O=C(CSc1ccc(N=Cc2ccccc2O)cc1)Nc1ccc(Cl)c(Cl)c1. The second kappa shape index (κ2) is 9.64. The molecule has 0 saturated carbocycles. The Balaban J connectivity index is 1.53. The van der Waals surface area contributed by atoms with Gasteiger partial charge in [0, 0.05) is 22.4 Å². The fourth-order valence-electron chi connectivity index (χ4n) is 2.29.